The van der Waals surface area contributed by atoms with Gasteiger partial charge in [-0.25, -0.2) is 9.13 Å². The average Bonchev–Trinajstić information content (AvgIpc) is 3.44. The smallest absolute Gasteiger partial charge is 0.462 e. The second-order valence-electron chi connectivity index (χ2n) is 24.8. The first kappa shape index (κ1) is 81.1. The fourth-order valence-electron chi connectivity index (χ4n) is 9.40. The van der Waals surface area contributed by atoms with Crippen molar-refractivity contribution >= 4 is 39.5 Å². The lowest BCUT2D eigenvalue weighted by atomic mass is 10.00. The highest BCUT2D eigenvalue weighted by Crippen LogP contribution is 2.45. The molecule has 19 heteroatoms. The molecule has 83 heavy (non-hydrogen) atoms. The zero-order valence-electron chi connectivity index (χ0n) is 53.8. The Hall–Kier alpha value is -1.94. The highest BCUT2D eigenvalue weighted by Gasteiger charge is 2.30. The van der Waals surface area contributed by atoms with Crippen LogP contribution >= 0.6 is 15.6 Å². The zero-order chi connectivity index (χ0) is 61.8. The molecule has 0 aliphatic carbocycles. The van der Waals surface area contributed by atoms with Gasteiger partial charge in [0.05, 0.1) is 26.4 Å². The number of phosphoric ester groups is 2. The summed E-state index contributed by atoms with van der Waals surface area (Å²) in [6, 6.07) is 0. The third-order valence-corrected chi connectivity index (χ3v) is 16.8. The van der Waals surface area contributed by atoms with Crippen molar-refractivity contribution in [2.24, 2.45) is 23.7 Å². The molecule has 17 nitrogen and oxygen atoms in total. The molecule has 0 fully saturated rings. The van der Waals surface area contributed by atoms with Crippen molar-refractivity contribution in [2.45, 2.75) is 324 Å². The van der Waals surface area contributed by atoms with E-state index >= 15 is 0 Å². The Labute approximate surface area is 505 Å². The molecular weight excluding hydrogens is 1100 g/mol. The number of carbonyl (C=O) groups is 4. The van der Waals surface area contributed by atoms with Gasteiger partial charge in [-0.15, -0.1) is 0 Å². The molecule has 0 aromatic heterocycles. The Morgan fingerprint density at radius 3 is 0.855 bits per heavy atom. The summed E-state index contributed by atoms with van der Waals surface area (Å²) in [4.78, 5) is 72.2. The van der Waals surface area contributed by atoms with Gasteiger partial charge in [-0.05, 0) is 49.4 Å². The first-order chi connectivity index (χ1) is 39.6. The Morgan fingerprint density at radius 2 is 0.578 bits per heavy atom. The van der Waals surface area contributed by atoms with E-state index in [0.717, 1.165) is 114 Å². The molecule has 0 heterocycles. The van der Waals surface area contributed by atoms with E-state index in [1.807, 2.05) is 0 Å². The van der Waals surface area contributed by atoms with Crippen molar-refractivity contribution in [2.75, 3.05) is 39.6 Å². The molecule has 0 aliphatic rings. The second-order valence-corrected chi connectivity index (χ2v) is 27.7. The van der Waals surface area contributed by atoms with E-state index < -0.39 is 97.5 Å². The molecule has 0 rings (SSSR count). The number of unbranched alkanes of at least 4 members (excludes halogenated alkanes) is 26. The standard InChI is InChI=1S/C64H124O17P2/c1-9-57(8)43-35-27-21-23-29-37-45-62(67)75-51-60(81-64(69)47-39-31-22-20-26-34-42-56(6)7)53-79-83(72,73)77-49-58(65)48-76-82(70,71)78-52-59(80-63(68)46-38-30-19-15-14-17-25-33-41-55(4)5)50-74-61(66)44-36-28-18-13-11-10-12-16-24-32-40-54(2)3/h54-60,65H,9-53H2,1-8H3,(H,70,71)(H,72,73)/t57?,58-,59-,60-/m1/s1. The lowest BCUT2D eigenvalue weighted by Crippen LogP contribution is -2.30. The van der Waals surface area contributed by atoms with E-state index in [-0.39, 0.29) is 25.7 Å². The van der Waals surface area contributed by atoms with Gasteiger partial charge < -0.3 is 33.8 Å². The van der Waals surface area contributed by atoms with Gasteiger partial charge in [0, 0.05) is 25.7 Å². The molecule has 0 saturated carbocycles. The Morgan fingerprint density at radius 1 is 0.337 bits per heavy atom. The third-order valence-electron chi connectivity index (χ3n) is 14.9. The van der Waals surface area contributed by atoms with Crippen molar-refractivity contribution in [3.8, 4) is 0 Å². The van der Waals surface area contributed by atoms with Crippen LogP contribution in [0.4, 0.5) is 0 Å². The van der Waals surface area contributed by atoms with Crippen LogP contribution in [0.2, 0.25) is 0 Å². The van der Waals surface area contributed by atoms with E-state index in [4.69, 9.17) is 37.0 Å². The van der Waals surface area contributed by atoms with Gasteiger partial charge in [0.1, 0.15) is 19.3 Å². The molecule has 0 bridgehead atoms. The largest absolute Gasteiger partial charge is 0.472 e. The molecule has 0 spiro atoms. The molecule has 492 valence electrons. The summed E-state index contributed by atoms with van der Waals surface area (Å²) in [5.41, 5.74) is 0. The molecule has 6 atom stereocenters. The van der Waals surface area contributed by atoms with Crippen LogP contribution in [0.15, 0.2) is 0 Å². The van der Waals surface area contributed by atoms with Crippen LogP contribution in [-0.2, 0) is 65.4 Å². The minimum atomic E-state index is -4.95. The van der Waals surface area contributed by atoms with Crippen molar-refractivity contribution in [3.63, 3.8) is 0 Å². The van der Waals surface area contributed by atoms with Gasteiger partial charge in [0.25, 0.3) is 0 Å². The Balaban J connectivity index is 5.24. The Bertz CT molecular complexity index is 1660. The number of hydrogen-bond acceptors (Lipinski definition) is 15. The van der Waals surface area contributed by atoms with Gasteiger partial charge in [-0.1, -0.05) is 254 Å². The fourth-order valence-corrected chi connectivity index (χ4v) is 11.0. The van der Waals surface area contributed by atoms with Gasteiger partial charge >= 0.3 is 39.5 Å². The molecule has 3 N–H and O–H groups in total. The highest BCUT2D eigenvalue weighted by atomic mass is 31.2. The summed E-state index contributed by atoms with van der Waals surface area (Å²) in [7, 11) is -9.89. The SMILES string of the molecule is CCC(C)CCCCCCCCC(=O)OC[C@H](COP(=O)(O)OC[C@H](O)COP(=O)(O)OC[C@@H](COC(=O)CCCCCCCCCCCCC(C)C)OC(=O)CCCCCCCCCCC(C)C)OC(=O)CCCCCCCCC(C)C. The van der Waals surface area contributed by atoms with Crippen molar-refractivity contribution in [1.82, 2.24) is 0 Å². The predicted molar refractivity (Wildman–Crippen MR) is 331 cm³/mol. The summed E-state index contributed by atoms with van der Waals surface area (Å²) >= 11 is 0. The van der Waals surface area contributed by atoms with E-state index in [9.17, 15) is 43.2 Å². The second kappa shape index (κ2) is 54.2. The van der Waals surface area contributed by atoms with Gasteiger partial charge in [-0.2, -0.15) is 0 Å². The number of rotatable bonds is 61. The summed E-state index contributed by atoms with van der Waals surface area (Å²) < 4.78 is 68.0. The fraction of sp³-hybridized carbons (Fsp3) is 0.938. The molecule has 0 saturated heterocycles. The van der Waals surface area contributed by atoms with Crippen LogP contribution in [0.25, 0.3) is 0 Å². The normalized spacial score (nSPS) is 14.8. The maximum Gasteiger partial charge on any atom is 0.472 e. The summed E-state index contributed by atoms with van der Waals surface area (Å²) in [6.07, 6.45) is 33.7. The lowest BCUT2D eigenvalue weighted by Gasteiger charge is -2.21. The molecule has 0 aliphatic heterocycles. The Kier molecular flexibility index (Phi) is 53.0. The van der Waals surface area contributed by atoms with Gasteiger partial charge in [0.2, 0.25) is 0 Å². The third kappa shape index (κ3) is 57.6. The van der Waals surface area contributed by atoms with Crippen molar-refractivity contribution in [3.05, 3.63) is 0 Å². The van der Waals surface area contributed by atoms with E-state index in [1.54, 1.807) is 0 Å². The van der Waals surface area contributed by atoms with Crippen LogP contribution < -0.4 is 0 Å². The topological polar surface area (TPSA) is 237 Å². The summed E-state index contributed by atoms with van der Waals surface area (Å²) in [5, 5.41) is 10.5. The molecule has 0 radical (unpaired) electrons. The quantitative estimate of drug-likeness (QED) is 0.0222. The predicted octanol–water partition coefficient (Wildman–Crippen LogP) is 17.4. The first-order valence-electron chi connectivity index (χ1n) is 33.2. The zero-order valence-corrected chi connectivity index (χ0v) is 55.6. The van der Waals surface area contributed by atoms with Gasteiger partial charge in [-0.3, -0.25) is 37.3 Å². The number of ether oxygens (including phenoxy) is 4. The number of aliphatic hydroxyl groups excluding tert-OH is 1. The molecule has 3 unspecified atom stereocenters. The number of phosphoric acid groups is 2. The first-order valence-corrected chi connectivity index (χ1v) is 36.2. The van der Waals surface area contributed by atoms with Crippen LogP contribution in [0.3, 0.4) is 0 Å². The number of esters is 4. The number of hydrogen-bond donors (Lipinski definition) is 3. The van der Waals surface area contributed by atoms with Gasteiger partial charge in [0.15, 0.2) is 12.2 Å². The number of aliphatic hydroxyl groups is 1. The van der Waals surface area contributed by atoms with Crippen molar-refractivity contribution in [1.29, 1.82) is 0 Å². The minimum Gasteiger partial charge on any atom is -0.462 e. The average molecular weight is 1230 g/mol. The molecule has 0 aromatic carbocycles. The highest BCUT2D eigenvalue weighted by molar-refractivity contribution is 7.47. The molecule has 0 amide bonds. The van der Waals surface area contributed by atoms with Crippen LogP contribution in [0.1, 0.15) is 306 Å². The van der Waals surface area contributed by atoms with E-state index in [0.29, 0.717) is 31.6 Å². The molecule has 0 aromatic rings. The van der Waals surface area contributed by atoms with Crippen LogP contribution in [0.5, 0.6) is 0 Å². The van der Waals surface area contributed by atoms with E-state index in [2.05, 4.69) is 55.4 Å². The van der Waals surface area contributed by atoms with Crippen LogP contribution in [-0.4, -0.2) is 96.7 Å². The molecular formula is C64H124O17P2. The van der Waals surface area contributed by atoms with Crippen LogP contribution in [0, 0.1) is 23.7 Å². The maximum absolute atomic E-state index is 13.0. The number of carbonyl (C=O) groups excluding carboxylic acids is 4. The monoisotopic (exact) mass is 1230 g/mol. The summed E-state index contributed by atoms with van der Waals surface area (Å²) in [5.74, 6) is 0.733. The summed E-state index contributed by atoms with van der Waals surface area (Å²) in [6.45, 7) is 13.9. The maximum atomic E-state index is 13.0. The van der Waals surface area contributed by atoms with Crippen molar-refractivity contribution < 1.29 is 80.2 Å². The minimum absolute atomic E-state index is 0.100. The van der Waals surface area contributed by atoms with E-state index in [1.165, 1.54) is 103 Å². The lowest BCUT2D eigenvalue weighted by molar-refractivity contribution is -0.161.